The topological polar surface area (TPSA) is 15.3 Å². The maximum atomic E-state index is 3.49. The first-order valence-corrected chi connectivity index (χ1v) is 6.58. The summed E-state index contributed by atoms with van der Waals surface area (Å²) < 4.78 is 0. The summed E-state index contributed by atoms with van der Waals surface area (Å²) >= 11 is 0. The van der Waals surface area contributed by atoms with Crippen LogP contribution in [0.2, 0.25) is 0 Å². The van der Waals surface area contributed by atoms with Gasteiger partial charge in [0.15, 0.2) is 0 Å². The van der Waals surface area contributed by atoms with E-state index in [4.69, 9.17) is 0 Å². The molecule has 1 rings (SSSR count). The van der Waals surface area contributed by atoms with Crippen molar-refractivity contribution in [3.05, 3.63) is 29.8 Å². The van der Waals surface area contributed by atoms with Crippen LogP contribution in [0.25, 0.3) is 0 Å². The summed E-state index contributed by atoms with van der Waals surface area (Å²) in [6.45, 7) is 9.90. The minimum Gasteiger partial charge on any atom is -0.373 e. The maximum absolute atomic E-state index is 3.49. The molecular weight excluding hydrogens is 208 g/mol. The average molecular weight is 234 g/mol. The van der Waals surface area contributed by atoms with Gasteiger partial charge in [0.05, 0.1) is 0 Å². The molecule has 96 valence electrons. The molecule has 0 aromatic heterocycles. The number of nitrogens with one attached hydrogen (secondary N) is 1. The molecular formula is C15H26N2. The molecule has 0 spiro atoms. The zero-order chi connectivity index (χ0) is 12.7. The Morgan fingerprint density at radius 3 is 2.65 bits per heavy atom. The minimum absolute atomic E-state index is 0.789. The van der Waals surface area contributed by atoms with Gasteiger partial charge in [-0.2, -0.15) is 0 Å². The molecule has 2 nitrogen and oxygen atoms in total. The van der Waals surface area contributed by atoms with E-state index in [1.54, 1.807) is 0 Å². The van der Waals surface area contributed by atoms with Crippen LogP contribution in [0.4, 0.5) is 5.69 Å². The molecule has 0 aliphatic heterocycles. The van der Waals surface area contributed by atoms with Crippen molar-refractivity contribution in [1.29, 1.82) is 0 Å². The van der Waals surface area contributed by atoms with Gasteiger partial charge >= 0.3 is 0 Å². The monoisotopic (exact) mass is 234 g/mol. The summed E-state index contributed by atoms with van der Waals surface area (Å²) in [6.07, 6.45) is 1.26. The van der Waals surface area contributed by atoms with Crippen LogP contribution < -0.4 is 10.2 Å². The van der Waals surface area contributed by atoms with Gasteiger partial charge < -0.3 is 10.2 Å². The minimum atomic E-state index is 0.789. The SMILES string of the molecule is Cc1cccc(N(C)CCNCCC(C)C)c1. The Morgan fingerprint density at radius 2 is 2.00 bits per heavy atom. The number of aryl methyl sites for hydroxylation is 1. The van der Waals surface area contributed by atoms with Crippen LogP contribution in [0, 0.1) is 12.8 Å². The second-order valence-corrected chi connectivity index (χ2v) is 5.19. The molecule has 0 aliphatic carbocycles. The van der Waals surface area contributed by atoms with Crippen LogP contribution >= 0.6 is 0 Å². The van der Waals surface area contributed by atoms with Gasteiger partial charge in [0.2, 0.25) is 0 Å². The smallest absolute Gasteiger partial charge is 0.0366 e. The Labute approximate surface area is 106 Å². The highest BCUT2D eigenvalue weighted by atomic mass is 15.1. The van der Waals surface area contributed by atoms with E-state index >= 15 is 0 Å². The number of benzene rings is 1. The predicted octanol–water partition coefficient (Wildman–Crippen LogP) is 3.07. The molecule has 0 bridgehead atoms. The van der Waals surface area contributed by atoms with Gasteiger partial charge in [0.25, 0.3) is 0 Å². The fourth-order valence-electron chi connectivity index (χ4n) is 1.76. The van der Waals surface area contributed by atoms with Crippen LogP contribution in [-0.2, 0) is 0 Å². The molecule has 0 atom stereocenters. The van der Waals surface area contributed by atoms with Gasteiger partial charge in [-0.3, -0.25) is 0 Å². The Bertz CT molecular complexity index is 320. The van der Waals surface area contributed by atoms with Crippen LogP contribution in [0.5, 0.6) is 0 Å². The predicted molar refractivity (Wildman–Crippen MR) is 76.8 cm³/mol. The largest absolute Gasteiger partial charge is 0.373 e. The van der Waals surface area contributed by atoms with E-state index in [0.29, 0.717) is 0 Å². The van der Waals surface area contributed by atoms with E-state index in [-0.39, 0.29) is 0 Å². The molecule has 0 aliphatic rings. The molecule has 0 saturated heterocycles. The molecule has 0 heterocycles. The standard InChI is InChI=1S/C15H26N2/c1-13(2)8-9-16-10-11-17(4)15-7-5-6-14(3)12-15/h5-7,12-13,16H,8-11H2,1-4H3. The lowest BCUT2D eigenvalue weighted by atomic mass is 10.1. The summed E-state index contributed by atoms with van der Waals surface area (Å²) in [5, 5.41) is 3.49. The normalized spacial score (nSPS) is 10.9. The first-order valence-electron chi connectivity index (χ1n) is 6.58. The zero-order valence-electron chi connectivity index (χ0n) is 11.7. The fourth-order valence-corrected chi connectivity index (χ4v) is 1.76. The van der Waals surface area contributed by atoms with Crippen molar-refractivity contribution in [2.24, 2.45) is 5.92 Å². The van der Waals surface area contributed by atoms with Crippen LogP contribution in [0.15, 0.2) is 24.3 Å². The van der Waals surface area contributed by atoms with Crippen LogP contribution in [0.1, 0.15) is 25.8 Å². The molecule has 0 fully saturated rings. The van der Waals surface area contributed by atoms with Crippen LogP contribution in [0.3, 0.4) is 0 Å². The number of nitrogens with zero attached hydrogens (tertiary/aromatic N) is 1. The Kier molecular flexibility index (Phi) is 6.06. The summed E-state index contributed by atoms with van der Waals surface area (Å²) in [5.74, 6) is 0.789. The highest BCUT2D eigenvalue weighted by Crippen LogP contribution is 2.13. The Hall–Kier alpha value is -1.02. The van der Waals surface area contributed by atoms with Crippen molar-refractivity contribution >= 4 is 5.69 Å². The third-order valence-corrected chi connectivity index (χ3v) is 2.96. The van der Waals surface area contributed by atoms with Crippen molar-refractivity contribution in [3.63, 3.8) is 0 Å². The van der Waals surface area contributed by atoms with Crippen molar-refractivity contribution in [2.75, 3.05) is 31.6 Å². The summed E-state index contributed by atoms with van der Waals surface area (Å²) in [7, 11) is 2.15. The van der Waals surface area contributed by atoms with Crippen molar-refractivity contribution in [1.82, 2.24) is 5.32 Å². The first kappa shape index (κ1) is 14.0. The Balaban J connectivity index is 2.23. The molecule has 1 aromatic carbocycles. The van der Waals surface area contributed by atoms with Gasteiger partial charge in [-0.05, 0) is 43.5 Å². The average Bonchev–Trinajstić information content (AvgIpc) is 2.28. The van der Waals surface area contributed by atoms with E-state index < -0.39 is 0 Å². The molecule has 0 unspecified atom stereocenters. The Morgan fingerprint density at radius 1 is 1.24 bits per heavy atom. The van der Waals surface area contributed by atoms with Gasteiger partial charge in [0, 0.05) is 25.8 Å². The molecule has 2 heteroatoms. The highest BCUT2D eigenvalue weighted by Gasteiger charge is 2.00. The molecule has 17 heavy (non-hydrogen) atoms. The van der Waals surface area contributed by atoms with E-state index in [9.17, 15) is 0 Å². The van der Waals surface area contributed by atoms with Gasteiger partial charge in [-0.1, -0.05) is 26.0 Å². The quantitative estimate of drug-likeness (QED) is 0.729. The maximum Gasteiger partial charge on any atom is 0.0366 e. The van der Waals surface area contributed by atoms with Crippen molar-refractivity contribution < 1.29 is 0 Å². The fraction of sp³-hybridized carbons (Fsp3) is 0.600. The van der Waals surface area contributed by atoms with Crippen molar-refractivity contribution in [2.45, 2.75) is 27.2 Å². The summed E-state index contributed by atoms with van der Waals surface area (Å²) in [6, 6.07) is 8.65. The lowest BCUT2D eigenvalue weighted by molar-refractivity contribution is 0.539. The highest BCUT2D eigenvalue weighted by molar-refractivity contribution is 5.47. The zero-order valence-corrected chi connectivity index (χ0v) is 11.7. The van der Waals surface area contributed by atoms with Gasteiger partial charge in [-0.15, -0.1) is 0 Å². The molecule has 0 amide bonds. The van der Waals surface area contributed by atoms with E-state index in [1.807, 2.05) is 0 Å². The molecule has 0 radical (unpaired) electrons. The molecule has 0 saturated carbocycles. The first-order chi connectivity index (χ1) is 8.09. The lowest BCUT2D eigenvalue weighted by Gasteiger charge is -2.20. The summed E-state index contributed by atoms with van der Waals surface area (Å²) in [5.41, 5.74) is 2.62. The third kappa shape index (κ3) is 5.73. The second-order valence-electron chi connectivity index (χ2n) is 5.19. The van der Waals surface area contributed by atoms with E-state index in [1.165, 1.54) is 17.7 Å². The number of likely N-dealkylation sites (N-methyl/N-ethyl adjacent to an activating group) is 1. The lowest BCUT2D eigenvalue weighted by Crippen LogP contribution is -2.30. The third-order valence-electron chi connectivity index (χ3n) is 2.96. The van der Waals surface area contributed by atoms with E-state index in [2.05, 4.69) is 62.3 Å². The van der Waals surface area contributed by atoms with Crippen LogP contribution in [-0.4, -0.2) is 26.7 Å². The number of rotatable bonds is 7. The number of hydrogen-bond acceptors (Lipinski definition) is 2. The second kappa shape index (κ2) is 7.33. The van der Waals surface area contributed by atoms with Gasteiger partial charge in [-0.25, -0.2) is 0 Å². The number of anilines is 1. The van der Waals surface area contributed by atoms with Gasteiger partial charge in [0.1, 0.15) is 0 Å². The number of hydrogen-bond donors (Lipinski definition) is 1. The summed E-state index contributed by atoms with van der Waals surface area (Å²) in [4.78, 5) is 2.30. The van der Waals surface area contributed by atoms with Crippen molar-refractivity contribution in [3.8, 4) is 0 Å². The molecule has 1 N–H and O–H groups in total. The van der Waals surface area contributed by atoms with E-state index in [0.717, 1.165) is 25.6 Å². The molecule has 1 aromatic rings.